The topological polar surface area (TPSA) is 123 Å². The number of hydrogen-bond acceptors (Lipinski definition) is 8. The van der Waals surface area contributed by atoms with Gasteiger partial charge in [0.15, 0.2) is 0 Å². The molecule has 0 amide bonds. The number of allylic oxidation sites excluding steroid dienone is 2. The maximum Gasteiger partial charge on any atom is 0.270 e. The summed E-state index contributed by atoms with van der Waals surface area (Å²) >= 11 is 0. The number of nitro benzene ring substituents is 2. The van der Waals surface area contributed by atoms with Crippen LogP contribution < -0.4 is 0 Å². The Kier molecular flexibility index (Phi) is 7.19. The first kappa shape index (κ1) is 23.0. The molecule has 1 aliphatic carbocycles. The molecule has 0 aromatic heterocycles. The molecule has 1 fully saturated rings. The van der Waals surface area contributed by atoms with Crippen molar-refractivity contribution in [2.24, 2.45) is 10.2 Å². The predicted octanol–water partition coefficient (Wildman–Crippen LogP) is 4.37. The van der Waals surface area contributed by atoms with Gasteiger partial charge >= 0.3 is 0 Å². The average molecular weight is 461 g/mol. The minimum absolute atomic E-state index is 0.0231. The summed E-state index contributed by atoms with van der Waals surface area (Å²) < 4.78 is 5.50. The van der Waals surface area contributed by atoms with E-state index in [1.165, 1.54) is 18.2 Å². The minimum Gasteiger partial charge on any atom is -0.378 e. The first-order valence-electron chi connectivity index (χ1n) is 10.8. The van der Waals surface area contributed by atoms with E-state index >= 15 is 0 Å². The lowest BCUT2D eigenvalue weighted by molar-refractivity contribution is -0.385. The number of nitrogens with zero attached hydrogens (tertiary/aromatic N) is 5. The van der Waals surface area contributed by atoms with Crippen molar-refractivity contribution in [1.82, 2.24) is 4.90 Å². The average Bonchev–Trinajstić information content (AvgIpc) is 3.25. The van der Waals surface area contributed by atoms with Gasteiger partial charge in [0.2, 0.25) is 0 Å². The second-order valence-corrected chi connectivity index (χ2v) is 7.83. The monoisotopic (exact) mass is 461 g/mol. The van der Waals surface area contributed by atoms with Gasteiger partial charge in [-0.2, -0.15) is 10.2 Å². The van der Waals surface area contributed by atoms with Gasteiger partial charge in [0, 0.05) is 43.1 Å². The molecule has 1 aliphatic heterocycles. The van der Waals surface area contributed by atoms with Gasteiger partial charge in [-0.05, 0) is 53.3 Å². The third kappa shape index (κ3) is 5.59. The van der Waals surface area contributed by atoms with Crippen LogP contribution in [0.25, 0.3) is 6.08 Å². The quantitative estimate of drug-likeness (QED) is 0.343. The van der Waals surface area contributed by atoms with Crippen molar-refractivity contribution in [3.8, 4) is 0 Å². The van der Waals surface area contributed by atoms with Crippen molar-refractivity contribution < 1.29 is 14.6 Å². The molecule has 2 aromatic rings. The van der Waals surface area contributed by atoms with Crippen molar-refractivity contribution >= 4 is 29.9 Å². The molecule has 1 saturated heterocycles. The smallest absolute Gasteiger partial charge is 0.270 e. The summed E-state index contributed by atoms with van der Waals surface area (Å²) in [5.41, 5.74) is 4.79. The van der Waals surface area contributed by atoms with Crippen LogP contribution in [-0.2, 0) is 4.74 Å². The number of non-ortho nitro benzene ring substituents is 2. The van der Waals surface area contributed by atoms with Gasteiger partial charge in [-0.3, -0.25) is 20.2 Å². The Labute approximate surface area is 195 Å². The Morgan fingerprint density at radius 2 is 1.56 bits per heavy atom. The molecular weight excluding hydrogens is 438 g/mol. The highest BCUT2D eigenvalue weighted by Crippen LogP contribution is 2.35. The second kappa shape index (κ2) is 10.6. The van der Waals surface area contributed by atoms with Gasteiger partial charge < -0.3 is 9.64 Å². The van der Waals surface area contributed by atoms with Gasteiger partial charge in [0.1, 0.15) is 0 Å². The van der Waals surface area contributed by atoms with Crippen LogP contribution in [0.3, 0.4) is 0 Å². The molecule has 0 saturated carbocycles. The van der Waals surface area contributed by atoms with E-state index in [0.29, 0.717) is 18.8 Å². The van der Waals surface area contributed by atoms with Gasteiger partial charge in [-0.15, -0.1) is 0 Å². The van der Waals surface area contributed by atoms with Gasteiger partial charge in [0.05, 0.1) is 35.5 Å². The second-order valence-electron chi connectivity index (χ2n) is 7.83. The lowest BCUT2D eigenvalue weighted by Gasteiger charge is -2.31. The van der Waals surface area contributed by atoms with Crippen LogP contribution in [0.5, 0.6) is 0 Å². The Morgan fingerprint density at radius 3 is 2.26 bits per heavy atom. The Hall–Kier alpha value is -4.18. The molecule has 1 heterocycles. The molecule has 0 radical (unpaired) electrons. The lowest BCUT2D eigenvalue weighted by Crippen LogP contribution is -2.36. The first-order valence-corrected chi connectivity index (χ1v) is 10.8. The zero-order valence-electron chi connectivity index (χ0n) is 18.4. The van der Waals surface area contributed by atoms with Gasteiger partial charge in [0.25, 0.3) is 11.4 Å². The van der Waals surface area contributed by atoms with Crippen molar-refractivity contribution in [2.75, 3.05) is 26.3 Å². The number of benzene rings is 2. The van der Waals surface area contributed by atoms with Crippen molar-refractivity contribution in [2.45, 2.75) is 12.8 Å². The third-order valence-electron chi connectivity index (χ3n) is 5.61. The highest BCUT2D eigenvalue weighted by Gasteiger charge is 2.25. The van der Waals surface area contributed by atoms with Crippen molar-refractivity contribution in [1.29, 1.82) is 0 Å². The number of ether oxygens (including phenoxy) is 1. The Balaban J connectivity index is 1.58. The summed E-state index contributed by atoms with van der Waals surface area (Å²) in [4.78, 5) is 23.3. The fourth-order valence-corrected chi connectivity index (χ4v) is 3.99. The molecule has 0 N–H and O–H groups in total. The molecule has 34 heavy (non-hydrogen) atoms. The van der Waals surface area contributed by atoms with Crippen LogP contribution in [-0.4, -0.2) is 53.5 Å². The van der Waals surface area contributed by atoms with Crippen molar-refractivity contribution in [3.05, 3.63) is 96.7 Å². The Bertz CT molecular complexity index is 1190. The summed E-state index contributed by atoms with van der Waals surface area (Å²) in [6.45, 7) is 2.78. The highest BCUT2D eigenvalue weighted by atomic mass is 16.6. The molecule has 174 valence electrons. The maximum absolute atomic E-state index is 11.1. The fraction of sp³-hybridized carbons (Fsp3) is 0.250. The number of nitro groups is 2. The molecule has 2 aromatic carbocycles. The van der Waals surface area contributed by atoms with E-state index in [0.717, 1.165) is 48.3 Å². The third-order valence-corrected chi connectivity index (χ3v) is 5.61. The minimum atomic E-state index is -0.447. The molecular formula is C24H23N5O5. The van der Waals surface area contributed by atoms with E-state index in [-0.39, 0.29) is 11.4 Å². The van der Waals surface area contributed by atoms with Gasteiger partial charge in [-0.1, -0.05) is 12.1 Å². The molecule has 0 atom stereocenters. The van der Waals surface area contributed by atoms with Crippen LogP contribution in [0, 0.1) is 20.2 Å². The van der Waals surface area contributed by atoms with E-state index in [1.807, 2.05) is 12.1 Å². The SMILES string of the molecule is O=[N+]([O-])c1ccc(C=NN=CC2=C(N3CCOCC3)C(=Cc3cccc([N+](=O)[O-])c3)CC2)cc1. The first-order chi connectivity index (χ1) is 16.5. The Morgan fingerprint density at radius 1 is 0.853 bits per heavy atom. The van der Waals surface area contributed by atoms with Crippen LogP contribution in [0.15, 0.2) is 75.6 Å². The molecule has 0 spiro atoms. The molecule has 10 nitrogen and oxygen atoms in total. The number of hydrogen-bond donors (Lipinski definition) is 0. The van der Waals surface area contributed by atoms with Crippen molar-refractivity contribution in [3.63, 3.8) is 0 Å². The summed E-state index contributed by atoms with van der Waals surface area (Å²) in [5, 5.41) is 30.2. The largest absolute Gasteiger partial charge is 0.378 e. The zero-order valence-corrected chi connectivity index (χ0v) is 18.4. The summed E-state index contributed by atoms with van der Waals surface area (Å²) in [6.07, 6.45) is 6.86. The van der Waals surface area contributed by atoms with E-state index < -0.39 is 9.85 Å². The van der Waals surface area contributed by atoms with E-state index in [4.69, 9.17) is 4.74 Å². The van der Waals surface area contributed by atoms with Crippen LogP contribution >= 0.6 is 0 Å². The highest BCUT2D eigenvalue weighted by molar-refractivity contribution is 5.85. The summed E-state index contributed by atoms with van der Waals surface area (Å²) in [5.74, 6) is 0. The summed E-state index contributed by atoms with van der Waals surface area (Å²) in [6, 6.07) is 12.7. The van der Waals surface area contributed by atoms with E-state index in [9.17, 15) is 20.2 Å². The van der Waals surface area contributed by atoms with Crippen LogP contribution in [0.1, 0.15) is 24.0 Å². The fourth-order valence-electron chi connectivity index (χ4n) is 3.99. The molecule has 0 unspecified atom stereocenters. The normalized spacial score (nSPS) is 17.9. The van der Waals surface area contributed by atoms with E-state index in [1.54, 1.807) is 36.7 Å². The molecule has 4 rings (SSSR count). The van der Waals surface area contributed by atoms with Crippen LogP contribution in [0.2, 0.25) is 0 Å². The predicted molar refractivity (Wildman–Crippen MR) is 129 cm³/mol. The van der Waals surface area contributed by atoms with Crippen LogP contribution in [0.4, 0.5) is 11.4 Å². The van der Waals surface area contributed by atoms with E-state index in [2.05, 4.69) is 15.1 Å². The molecule has 2 aliphatic rings. The standard InChI is InChI=1S/C24H23N5O5/c30-28(31)22-8-4-18(5-9-22)16-25-26-17-21-7-6-20(24(21)27-10-12-34-13-11-27)14-19-2-1-3-23(15-19)29(32)33/h1-5,8-9,14-17H,6-7,10-13H2. The maximum atomic E-state index is 11.1. The number of rotatable bonds is 7. The lowest BCUT2D eigenvalue weighted by atomic mass is 10.1. The molecule has 10 heteroatoms. The zero-order chi connectivity index (χ0) is 23.9. The van der Waals surface area contributed by atoms with Gasteiger partial charge in [-0.25, -0.2) is 0 Å². The molecule has 0 bridgehead atoms. The number of morpholine rings is 1. The summed E-state index contributed by atoms with van der Waals surface area (Å²) in [7, 11) is 0.